The van der Waals surface area contributed by atoms with Crippen LogP contribution in [0, 0.1) is 17.3 Å². The summed E-state index contributed by atoms with van der Waals surface area (Å²) in [5, 5.41) is 5.55. The van der Waals surface area contributed by atoms with Crippen molar-refractivity contribution in [1.82, 2.24) is 10.6 Å². The zero-order chi connectivity index (χ0) is 24.0. The van der Waals surface area contributed by atoms with Crippen molar-refractivity contribution in [3.63, 3.8) is 0 Å². The Morgan fingerprint density at radius 1 is 0.968 bits per heavy atom. The molecule has 0 saturated carbocycles. The first-order valence-electron chi connectivity index (χ1n) is 11.3. The van der Waals surface area contributed by atoms with Crippen molar-refractivity contribution in [2.75, 3.05) is 19.7 Å². The number of nitrogens with two attached hydrogens (primary N) is 1. The first-order chi connectivity index (χ1) is 14.4. The Bertz CT molecular complexity index is 584. The first kappa shape index (κ1) is 29.0. The first-order valence-corrected chi connectivity index (χ1v) is 11.3. The number of nitrogens with one attached hydrogen (secondary N) is 2. The Morgan fingerprint density at radius 3 is 2.16 bits per heavy atom. The lowest BCUT2D eigenvalue weighted by molar-refractivity contribution is -0.146. The maximum atomic E-state index is 12.7. The van der Waals surface area contributed by atoms with E-state index in [1.165, 1.54) is 0 Å². The molecule has 0 aliphatic rings. The highest BCUT2D eigenvalue weighted by Crippen LogP contribution is 2.14. The number of ketones is 1. The topological polar surface area (TPSA) is 128 Å². The normalized spacial score (nSPS) is 13.4. The van der Waals surface area contributed by atoms with E-state index in [1.54, 1.807) is 6.92 Å². The Hall–Kier alpha value is -1.96. The summed E-state index contributed by atoms with van der Waals surface area (Å²) in [6, 6.07) is -0.613. The summed E-state index contributed by atoms with van der Waals surface area (Å²) in [7, 11) is 0. The van der Waals surface area contributed by atoms with Crippen LogP contribution < -0.4 is 16.4 Å². The van der Waals surface area contributed by atoms with Crippen LogP contribution in [-0.2, 0) is 23.9 Å². The fourth-order valence-electron chi connectivity index (χ4n) is 2.80. The van der Waals surface area contributed by atoms with Gasteiger partial charge >= 0.3 is 5.97 Å². The minimum Gasteiger partial charge on any atom is -0.465 e. The molecule has 0 unspecified atom stereocenters. The van der Waals surface area contributed by atoms with Gasteiger partial charge < -0.3 is 21.1 Å². The second-order valence-corrected chi connectivity index (χ2v) is 9.72. The largest absolute Gasteiger partial charge is 0.465 e. The highest BCUT2D eigenvalue weighted by Gasteiger charge is 2.27. The number of carbonyl (C=O) groups is 4. The summed E-state index contributed by atoms with van der Waals surface area (Å²) >= 11 is 0. The van der Waals surface area contributed by atoms with E-state index in [0.29, 0.717) is 39.0 Å². The van der Waals surface area contributed by atoms with E-state index in [4.69, 9.17) is 10.5 Å². The van der Waals surface area contributed by atoms with Gasteiger partial charge in [-0.2, -0.15) is 0 Å². The molecule has 4 N–H and O–H groups in total. The molecule has 0 radical (unpaired) electrons. The van der Waals surface area contributed by atoms with E-state index < -0.39 is 12.0 Å². The van der Waals surface area contributed by atoms with Gasteiger partial charge in [0.15, 0.2) is 5.78 Å². The molecule has 0 aromatic carbocycles. The average molecular weight is 442 g/mol. The number of carbonyl (C=O) groups excluding carboxylic acids is 4. The van der Waals surface area contributed by atoms with E-state index in [1.807, 2.05) is 34.6 Å². The monoisotopic (exact) mass is 441 g/mol. The number of amides is 2. The van der Waals surface area contributed by atoms with Crippen LogP contribution in [0.15, 0.2) is 0 Å². The number of Topliss-reactive ketones (excluding diaryl/α,β-unsaturated/α-hetero) is 1. The highest BCUT2D eigenvalue weighted by atomic mass is 16.5. The molecule has 8 heteroatoms. The zero-order valence-corrected chi connectivity index (χ0v) is 20.2. The molecule has 0 rings (SSSR count). The van der Waals surface area contributed by atoms with Crippen molar-refractivity contribution in [2.45, 2.75) is 86.1 Å². The van der Waals surface area contributed by atoms with Crippen molar-refractivity contribution < 1.29 is 23.9 Å². The molecule has 31 heavy (non-hydrogen) atoms. The number of hydrogen-bond donors (Lipinski definition) is 3. The molecular formula is C23H43N3O5. The van der Waals surface area contributed by atoms with Gasteiger partial charge in [-0.05, 0) is 37.1 Å². The fourth-order valence-corrected chi connectivity index (χ4v) is 2.80. The second kappa shape index (κ2) is 14.9. The third-order valence-corrected chi connectivity index (χ3v) is 4.67. The predicted octanol–water partition coefficient (Wildman–Crippen LogP) is 2.34. The number of esters is 1. The molecule has 0 heterocycles. The van der Waals surface area contributed by atoms with Gasteiger partial charge in [0.25, 0.3) is 0 Å². The molecule has 0 aliphatic heterocycles. The number of ether oxygens (including phenoxy) is 1. The maximum Gasteiger partial charge on any atom is 0.305 e. The van der Waals surface area contributed by atoms with Crippen molar-refractivity contribution in [2.24, 2.45) is 23.0 Å². The van der Waals surface area contributed by atoms with Gasteiger partial charge in [0.1, 0.15) is 0 Å². The van der Waals surface area contributed by atoms with Crippen LogP contribution in [0.25, 0.3) is 0 Å². The zero-order valence-electron chi connectivity index (χ0n) is 20.2. The lowest BCUT2D eigenvalue weighted by atomic mass is 9.92. The fraction of sp³-hybridized carbons (Fsp3) is 0.826. The number of hydrogen-bond acceptors (Lipinski definition) is 6. The van der Waals surface area contributed by atoms with Crippen LogP contribution >= 0.6 is 0 Å². The molecular weight excluding hydrogens is 398 g/mol. The Kier molecular flexibility index (Phi) is 14.0. The van der Waals surface area contributed by atoms with Gasteiger partial charge in [0, 0.05) is 31.7 Å². The summed E-state index contributed by atoms with van der Waals surface area (Å²) in [4.78, 5) is 48.7. The highest BCUT2D eigenvalue weighted by molar-refractivity contribution is 5.92. The van der Waals surface area contributed by atoms with E-state index in [0.717, 1.165) is 6.42 Å². The Labute approximate surface area is 187 Å². The van der Waals surface area contributed by atoms with E-state index in [9.17, 15) is 19.2 Å². The van der Waals surface area contributed by atoms with E-state index >= 15 is 0 Å². The van der Waals surface area contributed by atoms with Crippen LogP contribution in [0.1, 0.15) is 80.1 Å². The molecule has 0 aromatic heterocycles. The number of unbranched alkanes of at least 4 members (excludes halogenated alkanes) is 1. The van der Waals surface area contributed by atoms with Gasteiger partial charge in [-0.1, -0.05) is 41.5 Å². The Balaban J connectivity index is 4.35. The van der Waals surface area contributed by atoms with Crippen molar-refractivity contribution in [3.8, 4) is 0 Å². The average Bonchev–Trinajstić information content (AvgIpc) is 2.66. The lowest BCUT2D eigenvalue weighted by Gasteiger charge is -2.22. The number of rotatable bonds is 15. The standard InChI is InChI=1S/C23H43N3O5/c1-16(2)21(26-19(28)10-7-8-12-24)18(27)14-17(3)22(30)25-13-9-11-20(29)31-15-23(4,5)6/h16-17,21H,7-15,24H2,1-6H3,(H,25,30)(H,26,28)/t17-,21+/m1/s1. The third-order valence-electron chi connectivity index (χ3n) is 4.67. The SMILES string of the molecule is CC(C)[C@H](NC(=O)CCCCN)C(=O)C[C@@H](C)C(=O)NCCCC(=O)OCC(C)(C)C. The molecule has 180 valence electrons. The van der Waals surface area contributed by atoms with Gasteiger partial charge in [0.2, 0.25) is 11.8 Å². The molecule has 0 aromatic rings. The van der Waals surface area contributed by atoms with E-state index in [-0.39, 0.29) is 47.7 Å². The van der Waals surface area contributed by atoms with Crippen LogP contribution in [0.5, 0.6) is 0 Å². The molecule has 0 bridgehead atoms. The summed E-state index contributed by atoms with van der Waals surface area (Å²) in [5.41, 5.74) is 5.36. The predicted molar refractivity (Wildman–Crippen MR) is 121 cm³/mol. The van der Waals surface area contributed by atoms with Crippen LogP contribution in [0.2, 0.25) is 0 Å². The summed E-state index contributed by atoms with van der Waals surface area (Å²) in [6.07, 6.45) is 2.54. The summed E-state index contributed by atoms with van der Waals surface area (Å²) < 4.78 is 5.19. The van der Waals surface area contributed by atoms with E-state index in [2.05, 4.69) is 10.6 Å². The third kappa shape index (κ3) is 14.6. The van der Waals surface area contributed by atoms with Crippen LogP contribution in [-0.4, -0.2) is 49.3 Å². The summed E-state index contributed by atoms with van der Waals surface area (Å²) in [6.45, 7) is 12.6. The molecule has 0 aliphatic carbocycles. The van der Waals surface area contributed by atoms with Crippen LogP contribution in [0.3, 0.4) is 0 Å². The van der Waals surface area contributed by atoms with Crippen LogP contribution in [0.4, 0.5) is 0 Å². The van der Waals surface area contributed by atoms with Crippen molar-refractivity contribution in [1.29, 1.82) is 0 Å². The Morgan fingerprint density at radius 2 is 1.61 bits per heavy atom. The molecule has 0 saturated heterocycles. The molecule has 0 fully saturated rings. The quantitative estimate of drug-likeness (QED) is 0.264. The molecule has 8 nitrogen and oxygen atoms in total. The maximum absolute atomic E-state index is 12.7. The van der Waals surface area contributed by atoms with Crippen molar-refractivity contribution >= 4 is 23.6 Å². The smallest absolute Gasteiger partial charge is 0.305 e. The molecule has 2 amide bonds. The van der Waals surface area contributed by atoms with Gasteiger partial charge in [-0.25, -0.2) is 0 Å². The molecule has 2 atom stereocenters. The lowest BCUT2D eigenvalue weighted by Crippen LogP contribution is -2.45. The van der Waals surface area contributed by atoms with Gasteiger partial charge in [-0.15, -0.1) is 0 Å². The molecule has 0 spiro atoms. The minimum atomic E-state index is -0.613. The van der Waals surface area contributed by atoms with Crippen molar-refractivity contribution in [3.05, 3.63) is 0 Å². The van der Waals surface area contributed by atoms with Gasteiger partial charge in [0.05, 0.1) is 12.6 Å². The van der Waals surface area contributed by atoms with Gasteiger partial charge in [-0.3, -0.25) is 19.2 Å². The summed E-state index contributed by atoms with van der Waals surface area (Å²) in [5.74, 6) is -1.44. The second-order valence-electron chi connectivity index (χ2n) is 9.72. The minimum absolute atomic E-state index is 0.0470.